The molecule has 0 unspecified atom stereocenters. The molecule has 0 aromatic heterocycles. The molecule has 3 aromatic rings. The molecule has 222 valence electrons. The molecule has 0 amide bonds. The van der Waals surface area contributed by atoms with Crippen molar-refractivity contribution in [2.45, 2.75) is 57.0 Å². The van der Waals surface area contributed by atoms with E-state index in [0.717, 1.165) is 22.3 Å². The van der Waals surface area contributed by atoms with E-state index in [0.29, 0.717) is 47.3 Å². The number of aliphatic hydroxyl groups is 1. The first-order valence-corrected chi connectivity index (χ1v) is 15.0. The highest BCUT2D eigenvalue weighted by Crippen LogP contribution is 2.67. The number of ether oxygens (including phenoxy) is 6. The first kappa shape index (κ1) is 30.8. The van der Waals surface area contributed by atoms with Gasteiger partial charge >= 0.3 is 0 Å². The maximum atomic E-state index is 11.0. The van der Waals surface area contributed by atoms with Crippen LogP contribution in [0.5, 0.6) is 34.5 Å². The van der Waals surface area contributed by atoms with Gasteiger partial charge in [0.05, 0.1) is 59.9 Å². The lowest BCUT2D eigenvalue weighted by Crippen LogP contribution is -2.45. The van der Waals surface area contributed by atoms with Gasteiger partial charge in [-0.1, -0.05) is 53.8 Å². The first-order valence-electron chi connectivity index (χ1n) is 13.7. The molecule has 1 aliphatic heterocycles. The summed E-state index contributed by atoms with van der Waals surface area (Å²) in [5, 5.41) is 11.8. The van der Waals surface area contributed by atoms with Crippen molar-refractivity contribution in [1.29, 1.82) is 0 Å². The van der Waals surface area contributed by atoms with E-state index in [1.165, 1.54) is 5.30 Å². The standard InChI is InChI=1S/C33H43O7P/c1-32(2)18-20(34)19-33(3,4)41(32)31-23(29-25(37-7)14-21(35-5)15-26(29)38-8)12-11-13-24(31)30-27(39-9)16-22(36-6)17-28(30)40-10/h11-17,20,34H,18-19H2,1-10H3. The highest BCUT2D eigenvalue weighted by molar-refractivity contribution is 7.69. The molecule has 0 bridgehead atoms. The number of aliphatic hydroxyl groups excluding tert-OH is 1. The molecule has 0 saturated carbocycles. The van der Waals surface area contributed by atoms with Gasteiger partial charge in [0, 0.05) is 24.3 Å². The van der Waals surface area contributed by atoms with Gasteiger partial charge in [-0.15, -0.1) is 0 Å². The van der Waals surface area contributed by atoms with Crippen molar-refractivity contribution in [3.05, 3.63) is 42.5 Å². The van der Waals surface area contributed by atoms with E-state index in [-0.39, 0.29) is 16.4 Å². The molecule has 0 spiro atoms. The zero-order valence-corrected chi connectivity index (χ0v) is 26.8. The maximum absolute atomic E-state index is 11.0. The Kier molecular flexibility index (Phi) is 9.01. The van der Waals surface area contributed by atoms with Crippen molar-refractivity contribution < 1.29 is 33.5 Å². The zero-order chi connectivity index (χ0) is 30.1. The second-order valence-electron chi connectivity index (χ2n) is 11.5. The van der Waals surface area contributed by atoms with Crippen molar-refractivity contribution in [3.8, 4) is 56.8 Å². The van der Waals surface area contributed by atoms with Gasteiger partial charge in [-0.2, -0.15) is 0 Å². The predicted molar refractivity (Wildman–Crippen MR) is 167 cm³/mol. The summed E-state index contributed by atoms with van der Waals surface area (Å²) < 4.78 is 34.9. The van der Waals surface area contributed by atoms with E-state index in [9.17, 15) is 5.11 Å². The Morgan fingerprint density at radius 3 is 1.24 bits per heavy atom. The molecule has 41 heavy (non-hydrogen) atoms. The highest BCUT2D eigenvalue weighted by atomic mass is 31.1. The molecule has 0 aliphatic carbocycles. The van der Waals surface area contributed by atoms with Gasteiger partial charge in [0.1, 0.15) is 34.5 Å². The smallest absolute Gasteiger partial charge is 0.134 e. The van der Waals surface area contributed by atoms with Crippen LogP contribution >= 0.6 is 7.92 Å². The third kappa shape index (κ3) is 5.67. The fraction of sp³-hybridized carbons (Fsp3) is 0.455. The Morgan fingerprint density at radius 1 is 0.610 bits per heavy atom. The second-order valence-corrected chi connectivity index (χ2v) is 15.1. The van der Waals surface area contributed by atoms with Crippen molar-refractivity contribution in [1.82, 2.24) is 0 Å². The van der Waals surface area contributed by atoms with Crippen LogP contribution in [0.1, 0.15) is 40.5 Å². The SMILES string of the molecule is COc1cc(OC)c(-c2cccc(-c3c(OC)cc(OC)cc3OC)c2P2C(C)(C)CC(O)CC2(C)C)c(OC)c1. The van der Waals surface area contributed by atoms with Gasteiger partial charge in [0.2, 0.25) is 0 Å². The van der Waals surface area contributed by atoms with E-state index in [2.05, 4.69) is 45.9 Å². The van der Waals surface area contributed by atoms with Gasteiger partial charge in [-0.3, -0.25) is 0 Å². The number of rotatable bonds is 9. The van der Waals surface area contributed by atoms with Gasteiger partial charge in [-0.25, -0.2) is 0 Å². The molecule has 8 heteroatoms. The van der Waals surface area contributed by atoms with Crippen molar-refractivity contribution >= 4 is 13.2 Å². The lowest BCUT2D eigenvalue weighted by molar-refractivity contribution is 0.125. The largest absolute Gasteiger partial charge is 0.496 e. The summed E-state index contributed by atoms with van der Waals surface area (Å²) in [4.78, 5) is 0. The van der Waals surface area contributed by atoms with Crippen molar-refractivity contribution in [3.63, 3.8) is 0 Å². The molecule has 0 atom stereocenters. The fourth-order valence-electron chi connectivity index (χ4n) is 6.56. The first-order chi connectivity index (χ1) is 19.5. The quantitative estimate of drug-likeness (QED) is 0.275. The van der Waals surface area contributed by atoms with Crippen molar-refractivity contribution in [2.75, 3.05) is 42.7 Å². The molecule has 1 heterocycles. The average Bonchev–Trinajstić information content (AvgIpc) is 2.94. The van der Waals surface area contributed by atoms with Crippen LogP contribution in [-0.2, 0) is 0 Å². The molecule has 4 rings (SSSR count). The van der Waals surface area contributed by atoms with E-state index in [1.807, 2.05) is 24.3 Å². The lowest BCUT2D eigenvalue weighted by Gasteiger charge is -2.52. The minimum atomic E-state index is -0.906. The Bertz CT molecular complexity index is 1250. The second kappa shape index (κ2) is 12.0. The molecular formula is C33H43O7P. The summed E-state index contributed by atoms with van der Waals surface area (Å²) in [6, 6.07) is 13.9. The zero-order valence-electron chi connectivity index (χ0n) is 25.9. The van der Waals surface area contributed by atoms with Crippen LogP contribution in [0.4, 0.5) is 0 Å². The Hall–Kier alpha value is -3.15. The van der Waals surface area contributed by atoms with Gasteiger partial charge < -0.3 is 33.5 Å². The van der Waals surface area contributed by atoms with E-state index < -0.39 is 7.92 Å². The number of hydrogen-bond acceptors (Lipinski definition) is 7. The normalized spacial score (nSPS) is 19.3. The molecule has 1 aliphatic rings. The molecule has 1 fully saturated rings. The maximum Gasteiger partial charge on any atom is 0.134 e. The summed E-state index contributed by atoms with van der Waals surface area (Å²) in [5.74, 6) is 3.88. The lowest BCUT2D eigenvalue weighted by atomic mass is 9.94. The third-order valence-electron chi connectivity index (χ3n) is 7.91. The van der Waals surface area contributed by atoms with Crippen LogP contribution in [0.15, 0.2) is 42.5 Å². The Labute approximate surface area is 245 Å². The Balaban J connectivity index is 2.20. The van der Waals surface area contributed by atoms with E-state index >= 15 is 0 Å². The minimum absolute atomic E-state index is 0.193. The topological polar surface area (TPSA) is 75.6 Å². The van der Waals surface area contributed by atoms with Gasteiger partial charge in [-0.05, 0) is 39.6 Å². The van der Waals surface area contributed by atoms with Crippen molar-refractivity contribution in [2.24, 2.45) is 0 Å². The monoisotopic (exact) mass is 582 g/mol. The molecule has 0 radical (unpaired) electrons. The van der Waals surface area contributed by atoms with Crippen LogP contribution in [-0.4, -0.2) is 64.2 Å². The highest BCUT2D eigenvalue weighted by Gasteiger charge is 2.49. The van der Waals surface area contributed by atoms with E-state index in [1.54, 1.807) is 42.7 Å². The summed E-state index contributed by atoms with van der Waals surface area (Å²) in [6.45, 7) is 9.09. The van der Waals surface area contributed by atoms with Crippen LogP contribution in [0.25, 0.3) is 22.3 Å². The number of benzene rings is 3. The fourth-order valence-corrected chi connectivity index (χ4v) is 11.1. The van der Waals surface area contributed by atoms with Crippen LogP contribution in [0.3, 0.4) is 0 Å². The van der Waals surface area contributed by atoms with Gasteiger partial charge in [0.25, 0.3) is 0 Å². The summed E-state index contributed by atoms with van der Waals surface area (Å²) in [7, 11) is 8.99. The van der Waals surface area contributed by atoms with Crippen LogP contribution < -0.4 is 33.7 Å². The molecule has 3 aromatic carbocycles. The van der Waals surface area contributed by atoms with Gasteiger partial charge in [0.15, 0.2) is 0 Å². The number of methoxy groups -OCH3 is 6. The molecule has 1 saturated heterocycles. The number of hydrogen-bond donors (Lipinski definition) is 1. The third-order valence-corrected chi connectivity index (χ3v) is 11.6. The molecule has 1 N–H and O–H groups in total. The van der Waals surface area contributed by atoms with Crippen LogP contribution in [0.2, 0.25) is 0 Å². The average molecular weight is 583 g/mol. The molecule has 7 nitrogen and oxygen atoms in total. The minimum Gasteiger partial charge on any atom is -0.496 e. The predicted octanol–water partition coefficient (Wildman–Crippen LogP) is 6.89. The summed E-state index contributed by atoms with van der Waals surface area (Å²) >= 11 is 0. The Morgan fingerprint density at radius 2 is 0.951 bits per heavy atom. The van der Waals surface area contributed by atoms with Crippen LogP contribution in [0, 0.1) is 0 Å². The molecular weight excluding hydrogens is 539 g/mol. The summed E-state index contributed by atoms with van der Waals surface area (Å²) in [5.41, 5.74) is 3.70. The van der Waals surface area contributed by atoms with E-state index in [4.69, 9.17) is 28.4 Å². The summed E-state index contributed by atoms with van der Waals surface area (Å²) in [6.07, 6.45) is 1.03.